The summed E-state index contributed by atoms with van der Waals surface area (Å²) in [6.45, 7) is 6.35. The second-order valence-corrected chi connectivity index (χ2v) is 6.32. The first-order chi connectivity index (χ1) is 8.99. The molecule has 100 valence electrons. The summed E-state index contributed by atoms with van der Waals surface area (Å²) in [7, 11) is 0. The Morgan fingerprint density at radius 2 is 1.89 bits per heavy atom. The molecule has 0 fully saturated rings. The van der Waals surface area contributed by atoms with Gasteiger partial charge in [-0.15, -0.1) is 0 Å². The van der Waals surface area contributed by atoms with Crippen LogP contribution in [0.4, 0.5) is 0 Å². The fourth-order valence-electron chi connectivity index (χ4n) is 1.92. The van der Waals surface area contributed by atoms with E-state index in [4.69, 9.17) is 11.6 Å². The molecule has 0 aliphatic rings. The lowest BCUT2D eigenvalue weighted by molar-refractivity contribution is 0.782. The molecule has 1 aromatic heterocycles. The van der Waals surface area contributed by atoms with Crippen LogP contribution >= 0.6 is 34.2 Å². The molecule has 4 heteroatoms. The van der Waals surface area contributed by atoms with Gasteiger partial charge in [-0.2, -0.15) is 0 Å². The highest BCUT2D eigenvalue weighted by atomic mass is 127. The minimum Gasteiger partial charge on any atom is -0.236 e. The molecule has 1 heterocycles. The fraction of sp³-hybridized carbons (Fsp3) is 0.333. The monoisotopic (exact) mass is 386 g/mol. The van der Waals surface area contributed by atoms with E-state index >= 15 is 0 Å². The van der Waals surface area contributed by atoms with Crippen LogP contribution in [0, 0.1) is 10.5 Å². The Balaban J connectivity index is 2.39. The largest absolute Gasteiger partial charge is 0.236 e. The van der Waals surface area contributed by atoms with Gasteiger partial charge < -0.3 is 0 Å². The van der Waals surface area contributed by atoms with Crippen LogP contribution in [0.15, 0.2) is 24.3 Å². The Bertz CT molecular complexity index is 597. The first-order valence-electron chi connectivity index (χ1n) is 6.25. The van der Waals surface area contributed by atoms with Crippen LogP contribution in [0.25, 0.3) is 0 Å². The predicted octanol–water partition coefficient (Wildman–Crippen LogP) is 4.76. The molecule has 2 aromatic rings. The van der Waals surface area contributed by atoms with Crippen molar-refractivity contribution in [3.05, 3.63) is 55.6 Å². The van der Waals surface area contributed by atoms with Crippen molar-refractivity contribution >= 4 is 34.2 Å². The Morgan fingerprint density at radius 1 is 1.21 bits per heavy atom. The Morgan fingerprint density at radius 3 is 2.53 bits per heavy atom. The summed E-state index contributed by atoms with van der Waals surface area (Å²) in [6, 6.07) is 8.30. The number of halogens is 2. The highest BCUT2D eigenvalue weighted by Gasteiger charge is 2.14. The number of nitrogens with zero attached hydrogens (tertiary/aromatic N) is 2. The third-order valence-corrected chi connectivity index (χ3v) is 4.70. The highest BCUT2D eigenvalue weighted by molar-refractivity contribution is 14.1. The number of aryl methyl sites for hydroxylation is 1. The number of rotatable bonds is 3. The fourth-order valence-corrected chi connectivity index (χ4v) is 2.98. The molecule has 1 aromatic carbocycles. The zero-order valence-electron chi connectivity index (χ0n) is 11.2. The van der Waals surface area contributed by atoms with E-state index in [0.717, 1.165) is 21.5 Å². The standard InChI is InChI=1S/C15H16ClIN2/c1-9(2)14-13(17)15(16)19-12(18-14)8-11-7-5-4-6-10(11)3/h4-7,9H,8H2,1-3H3. The summed E-state index contributed by atoms with van der Waals surface area (Å²) in [4.78, 5) is 9.06. The lowest BCUT2D eigenvalue weighted by Crippen LogP contribution is -2.06. The van der Waals surface area contributed by atoms with Gasteiger partial charge in [0.05, 0.1) is 9.26 Å². The molecule has 0 N–H and O–H groups in total. The molecule has 0 radical (unpaired) electrons. The van der Waals surface area contributed by atoms with Gasteiger partial charge in [-0.05, 0) is 46.6 Å². The maximum absolute atomic E-state index is 6.21. The van der Waals surface area contributed by atoms with Crippen LogP contribution in [0.2, 0.25) is 5.15 Å². The summed E-state index contributed by atoms with van der Waals surface area (Å²) < 4.78 is 0.961. The van der Waals surface area contributed by atoms with Gasteiger partial charge in [-0.1, -0.05) is 49.7 Å². The van der Waals surface area contributed by atoms with E-state index in [1.54, 1.807) is 0 Å². The average Bonchev–Trinajstić information content (AvgIpc) is 2.36. The summed E-state index contributed by atoms with van der Waals surface area (Å²) >= 11 is 8.43. The number of aromatic nitrogens is 2. The van der Waals surface area contributed by atoms with Crippen molar-refractivity contribution in [3.63, 3.8) is 0 Å². The predicted molar refractivity (Wildman–Crippen MR) is 87.8 cm³/mol. The van der Waals surface area contributed by atoms with Gasteiger partial charge in [0.15, 0.2) is 0 Å². The van der Waals surface area contributed by atoms with E-state index in [2.05, 4.69) is 65.5 Å². The van der Waals surface area contributed by atoms with Crippen molar-refractivity contribution in [2.75, 3.05) is 0 Å². The number of hydrogen-bond donors (Lipinski definition) is 0. The molecule has 0 saturated heterocycles. The van der Waals surface area contributed by atoms with Crippen LogP contribution in [-0.2, 0) is 6.42 Å². The molecule has 0 atom stereocenters. The second kappa shape index (κ2) is 6.18. The molecule has 0 amide bonds. The van der Waals surface area contributed by atoms with Crippen molar-refractivity contribution in [2.24, 2.45) is 0 Å². The first kappa shape index (κ1) is 14.7. The Hall–Kier alpha value is -0.680. The molecule has 0 aliphatic carbocycles. The molecule has 2 nitrogen and oxygen atoms in total. The Kier molecular flexibility index (Phi) is 4.79. The minimum absolute atomic E-state index is 0.350. The maximum Gasteiger partial charge on any atom is 0.146 e. The van der Waals surface area contributed by atoms with E-state index in [1.165, 1.54) is 11.1 Å². The summed E-state index contributed by atoms with van der Waals surface area (Å²) in [5, 5.41) is 0.558. The normalized spacial score (nSPS) is 11.1. The molecule has 0 bridgehead atoms. The second-order valence-electron chi connectivity index (χ2n) is 4.89. The molecule has 2 rings (SSSR count). The van der Waals surface area contributed by atoms with E-state index in [1.807, 2.05) is 12.1 Å². The molecule has 0 unspecified atom stereocenters. The molecular formula is C15H16ClIN2. The molecule has 19 heavy (non-hydrogen) atoms. The van der Waals surface area contributed by atoms with Crippen LogP contribution in [0.5, 0.6) is 0 Å². The quantitative estimate of drug-likeness (QED) is 0.561. The van der Waals surface area contributed by atoms with Crippen LogP contribution in [-0.4, -0.2) is 9.97 Å². The average molecular weight is 387 g/mol. The van der Waals surface area contributed by atoms with Crippen molar-refractivity contribution in [1.82, 2.24) is 9.97 Å². The zero-order chi connectivity index (χ0) is 14.0. The van der Waals surface area contributed by atoms with Gasteiger partial charge in [0.2, 0.25) is 0 Å². The van der Waals surface area contributed by atoms with Gasteiger partial charge in [-0.3, -0.25) is 0 Å². The number of hydrogen-bond acceptors (Lipinski definition) is 2. The van der Waals surface area contributed by atoms with Gasteiger partial charge in [0.1, 0.15) is 11.0 Å². The summed E-state index contributed by atoms with van der Waals surface area (Å²) in [5.41, 5.74) is 3.53. The van der Waals surface area contributed by atoms with Gasteiger partial charge in [0.25, 0.3) is 0 Å². The molecule has 0 saturated carbocycles. The molecular weight excluding hydrogens is 371 g/mol. The van der Waals surface area contributed by atoms with Crippen LogP contribution in [0.1, 0.15) is 42.4 Å². The van der Waals surface area contributed by atoms with Crippen molar-refractivity contribution in [2.45, 2.75) is 33.1 Å². The lowest BCUT2D eigenvalue weighted by atomic mass is 10.1. The van der Waals surface area contributed by atoms with Crippen LogP contribution in [0.3, 0.4) is 0 Å². The third-order valence-electron chi connectivity index (χ3n) is 3.04. The first-order valence-corrected chi connectivity index (χ1v) is 7.71. The Labute approximate surface area is 132 Å². The highest BCUT2D eigenvalue weighted by Crippen LogP contribution is 2.25. The van der Waals surface area contributed by atoms with E-state index in [9.17, 15) is 0 Å². The van der Waals surface area contributed by atoms with Gasteiger partial charge in [-0.25, -0.2) is 9.97 Å². The topological polar surface area (TPSA) is 25.8 Å². The smallest absolute Gasteiger partial charge is 0.146 e. The van der Waals surface area contributed by atoms with Gasteiger partial charge >= 0.3 is 0 Å². The molecule has 0 aliphatic heterocycles. The van der Waals surface area contributed by atoms with E-state index < -0.39 is 0 Å². The van der Waals surface area contributed by atoms with Crippen LogP contribution < -0.4 is 0 Å². The summed E-state index contributed by atoms with van der Waals surface area (Å²) in [6.07, 6.45) is 0.725. The third kappa shape index (κ3) is 3.45. The SMILES string of the molecule is Cc1ccccc1Cc1nc(Cl)c(I)c(C(C)C)n1. The summed E-state index contributed by atoms with van der Waals surface area (Å²) in [5.74, 6) is 1.14. The van der Waals surface area contributed by atoms with Crippen molar-refractivity contribution < 1.29 is 0 Å². The van der Waals surface area contributed by atoms with Gasteiger partial charge in [0, 0.05) is 6.42 Å². The zero-order valence-corrected chi connectivity index (χ0v) is 14.2. The maximum atomic E-state index is 6.21. The number of benzene rings is 1. The van der Waals surface area contributed by atoms with Crippen molar-refractivity contribution in [3.8, 4) is 0 Å². The lowest BCUT2D eigenvalue weighted by Gasteiger charge is -2.11. The van der Waals surface area contributed by atoms with E-state index in [-0.39, 0.29) is 0 Å². The minimum atomic E-state index is 0.350. The van der Waals surface area contributed by atoms with Crippen molar-refractivity contribution in [1.29, 1.82) is 0 Å². The van der Waals surface area contributed by atoms with E-state index in [0.29, 0.717) is 11.1 Å². The molecule has 0 spiro atoms.